The lowest BCUT2D eigenvalue weighted by atomic mass is 10.1. The van der Waals surface area contributed by atoms with Crippen LogP contribution < -0.4 is 25.4 Å². The van der Waals surface area contributed by atoms with Crippen LogP contribution in [0, 0.1) is 0 Å². The fourth-order valence-corrected chi connectivity index (χ4v) is 3.95. The zero-order chi connectivity index (χ0) is 25.6. The van der Waals surface area contributed by atoms with Crippen molar-refractivity contribution in [3.05, 3.63) is 60.4 Å². The van der Waals surface area contributed by atoms with E-state index in [0.717, 1.165) is 43.1 Å². The summed E-state index contributed by atoms with van der Waals surface area (Å²) >= 11 is 0. The number of nitrogens with one attached hydrogen (secondary N) is 4. The second-order valence-corrected chi connectivity index (χ2v) is 8.24. The molecule has 0 spiro atoms. The van der Waals surface area contributed by atoms with E-state index in [2.05, 4.69) is 41.1 Å². The summed E-state index contributed by atoms with van der Waals surface area (Å²) in [6.07, 6.45) is 1.40. The first-order chi connectivity index (χ1) is 18.1. The van der Waals surface area contributed by atoms with Gasteiger partial charge in [0.25, 0.3) is 5.91 Å². The zero-order valence-corrected chi connectivity index (χ0v) is 20.5. The van der Waals surface area contributed by atoms with Crippen LogP contribution in [0.15, 0.2) is 54.9 Å². The van der Waals surface area contributed by atoms with Crippen LogP contribution in [0.1, 0.15) is 10.4 Å². The van der Waals surface area contributed by atoms with E-state index in [4.69, 9.17) is 9.47 Å². The maximum Gasteiger partial charge on any atom is 0.253 e. The van der Waals surface area contributed by atoms with E-state index in [9.17, 15) is 4.79 Å². The summed E-state index contributed by atoms with van der Waals surface area (Å²) in [5.41, 5.74) is 3.10. The van der Waals surface area contributed by atoms with E-state index in [1.807, 2.05) is 41.3 Å². The molecule has 2 aromatic carbocycles. The highest BCUT2D eigenvalue weighted by atomic mass is 16.5. The van der Waals surface area contributed by atoms with Crippen molar-refractivity contribution in [2.45, 2.75) is 0 Å². The van der Waals surface area contributed by atoms with Gasteiger partial charge in [-0.2, -0.15) is 10.1 Å². The van der Waals surface area contributed by atoms with Crippen molar-refractivity contribution >= 4 is 29.3 Å². The number of aromatic amines is 1. The predicted molar refractivity (Wildman–Crippen MR) is 139 cm³/mol. The minimum absolute atomic E-state index is 0.0485. The van der Waals surface area contributed by atoms with Gasteiger partial charge in [0, 0.05) is 49.6 Å². The molecule has 4 aromatic rings. The molecule has 4 N–H and O–H groups in total. The van der Waals surface area contributed by atoms with Crippen molar-refractivity contribution in [3.63, 3.8) is 0 Å². The minimum Gasteiger partial charge on any atom is -0.493 e. The number of nitrogens with zero attached hydrogens (tertiary/aromatic N) is 5. The Balaban J connectivity index is 1.24. The van der Waals surface area contributed by atoms with Crippen LogP contribution in [-0.4, -0.2) is 76.4 Å². The highest BCUT2D eigenvalue weighted by molar-refractivity contribution is 5.94. The molecule has 1 saturated heterocycles. The van der Waals surface area contributed by atoms with Gasteiger partial charge in [0.15, 0.2) is 17.3 Å². The molecule has 3 heterocycles. The molecule has 37 heavy (non-hydrogen) atoms. The third-order valence-corrected chi connectivity index (χ3v) is 5.88. The number of H-pyrrole nitrogens is 1. The summed E-state index contributed by atoms with van der Waals surface area (Å²) in [6.45, 7) is 3.09. The highest BCUT2D eigenvalue weighted by Gasteiger charge is 2.18. The number of benzene rings is 2. The average Bonchev–Trinajstić information content (AvgIpc) is 3.41. The molecular formula is C25H27N9O3. The predicted octanol–water partition coefficient (Wildman–Crippen LogP) is 2.81. The maximum absolute atomic E-state index is 12.7. The van der Waals surface area contributed by atoms with Gasteiger partial charge in [-0.15, -0.1) is 0 Å². The van der Waals surface area contributed by atoms with Crippen LogP contribution in [0.3, 0.4) is 0 Å². The molecule has 2 aromatic heterocycles. The zero-order valence-electron chi connectivity index (χ0n) is 20.5. The van der Waals surface area contributed by atoms with Gasteiger partial charge >= 0.3 is 0 Å². The van der Waals surface area contributed by atoms with E-state index in [1.165, 1.54) is 6.33 Å². The summed E-state index contributed by atoms with van der Waals surface area (Å²) in [6, 6.07) is 14.7. The lowest BCUT2D eigenvalue weighted by Crippen LogP contribution is -2.46. The summed E-state index contributed by atoms with van der Waals surface area (Å²) < 4.78 is 10.6. The van der Waals surface area contributed by atoms with Crippen LogP contribution >= 0.6 is 0 Å². The summed E-state index contributed by atoms with van der Waals surface area (Å²) in [4.78, 5) is 27.3. The Hall–Kier alpha value is -4.71. The van der Waals surface area contributed by atoms with E-state index >= 15 is 0 Å². The first-order valence-electron chi connectivity index (χ1n) is 11.7. The summed E-state index contributed by atoms with van der Waals surface area (Å²) in [5.74, 6) is 2.48. The number of carbonyl (C=O) groups is 1. The Labute approximate surface area is 213 Å². The lowest BCUT2D eigenvalue weighted by Gasteiger charge is -2.27. The molecule has 5 rings (SSSR count). The number of piperazine rings is 1. The first kappa shape index (κ1) is 24.0. The maximum atomic E-state index is 12.7. The van der Waals surface area contributed by atoms with Gasteiger partial charge in [0.2, 0.25) is 11.9 Å². The lowest BCUT2D eigenvalue weighted by molar-refractivity contribution is 0.0736. The molecule has 0 aliphatic carbocycles. The molecule has 12 nitrogen and oxygen atoms in total. The third kappa shape index (κ3) is 5.59. The monoisotopic (exact) mass is 501 g/mol. The molecule has 1 fully saturated rings. The second kappa shape index (κ2) is 10.9. The molecule has 190 valence electrons. The standard InChI is InChI=1S/C25H27N9O3/c1-36-20-8-7-18(13-21(20)37-2)29-24-27-15-28-25(31-24)30-22-14-19(32-33-22)16-3-5-17(6-4-16)23(35)34-11-9-26-10-12-34/h3-8,13-15,26H,9-12H2,1-2H3,(H3,27,28,29,30,31,32,33). The topological polar surface area (TPSA) is 142 Å². The van der Waals surface area contributed by atoms with E-state index < -0.39 is 0 Å². The van der Waals surface area contributed by atoms with Crippen molar-refractivity contribution < 1.29 is 14.3 Å². The molecule has 12 heteroatoms. The van der Waals surface area contributed by atoms with Crippen LogP contribution in [0.4, 0.5) is 23.4 Å². The summed E-state index contributed by atoms with van der Waals surface area (Å²) in [5, 5.41) is 16.8. The molecule has 0 unspecified atom stereocenters. The first-order valence-corrected chi connectivity index (χ1v) is 11.7. The van der Waals surface area contributed by atoms with Gasteiger partial charge in [-0.05, 0) is 29.8 Å². The van der Waals surface area contributed by atoms with Crippen molar-refractivity contribution in [2.24, 2.45) is 0 Å². The fourth-order valence-electron chi connectivity index (χ4n) is 3.95. The van der Waals surface area contributed by atoms with Crippen molar-refractivity contribution in [1.82, 2.24) is 35.4 Å². The number of hydrogen-bond donors (Lipinski definition) is 4. The van der Waals surface area contributed by atoms with Crippen LogP contribution in [0.5, 0.6) is 11.5 Å². The van der Waals surface area contributed by atoms with Crippen LogP contribution in [-0.2, 0) is 0 Å². The quantitative estimate of drug-likeness (QED) is 0.285. The van der Waals surface area contributed by atoms with Gasteiger partial charge in [-0.25, -0.2) is 9.97 Å². The van der Waals surface area contributed by atoms with Crippen molar-refractivity contribution in [2.75, 3.05) is 51.0 Å². The van der Waals surface area contributed by atoms with Gasteiger partial charge in [0.05, 0.1) is 19.9 Å². The average molecular weight is 502 g/mol. The SMILES string of the molecule is COc1ccc(Nc2ncnc(Nc3cc(-c4ccc(C(=O)N5CCNCC5)cc4)[nH]n3)n2)cc1OC. The number of rotatable bonds is 8. The summed E-state index contributed by atoms with van der Waals surface area (Å²) in [7, 11) is 3.16. The van der Waals surface area contributed by atoms with Gasteiger partial charge in [-0.3, -0.25) is 9.89 Å². The number of hydrogen-bond acceptors (Lipinski definition) is 10. The number of carbonyl (C=O) groups excluding carboxylic acids is 1. The van der Waals surface area contributed by atoms with E-state index in [0.29, 0.717) is 34.8 Å². The van der Waals surface area contributed by atoms with Gasteiger partial charge < -0.3 is 30.3 Å². The Bertz CT molecular complexity index is 1370. The van der Waals surface area contributed by atoms with Crippen molar-refractivity contribution in [1.29, 1.82) is 0 Å². The fraction of sp³-hybridized carbons (Fsp3) is 0.240. The molecule has 0 atom stereocenters. The number of amides is 1. The van der Waals surface area contributed by atoms with Crippen molar-refractivity contribution in [3.8, 4) is 22.8 Å². The molecular weight excluding hydrogens is 474 g/mol. The van der Waals surface area contributed by atoms with Gasteiger partial charge in [-0.1, -0.05) is 12.1 Å². The van der Waals surface area contributed by atoms with Gasteiger partial charge in [0.1, 0.15) is 6.33 Å². The second-order valence-electron chi connectivity index (χ2n) is 8.24. The largest absolute Gasteiger partial charge is 0.493 e. The number of methoxy groups -OCH3 is 2. The molecule has 1 amide bonds. The van der Waals surface area contributed by atoms with E-state index in [1.54, 1.807) is 26.4 Å². The third-order valence-electron chi connectivity index (χ3n) is 5.88. The molecule has 0 saturated carbocycles. The van der Waals surface area contributed by atoms with Crippen LogP contribution in [0.25, 0.3) is 11.3 Å². The number of anilines is 4. The van der Waals surface area contributed by atoms with E-state index in [-0.39, 0.29) is 5.91 Å². The normalized spacial score (nSPS) is 13.2. The minimum atomic E-state index is 0.0485. The smallest absolute Gasteiger partial charge is 0.253 e. The molecule has 0 bridgehead atoms. The Morgan fingerprint density at radius 2 is 1.65 bits per heavy atom. The molecule has 0 radical (unpaired) electrons. The number of ether oxygens (including phenoxy) is 2. The highest BCUT2D eigenvalue weighted by Crippen LogP contribution is 2.30. The Morgan fingerprint density at radius 3 is 2.38 bits per heavy atom. The van der Waals surface area contributed by atoms with Crippen LogP contribution in [0.2, 0.25) is 0 Å². The Kier molecular flexibility index (Phi) is 7.08. The molecule has 1 aliphatic heterocycles. The number of aromatic nitrogens is 5. The molecule has 1 aliphatic rings. The Morgan fingerprint density at radius 1 is 0.919 bits per heavy atom.